The average Bonchev–Trinajstić information content (AvgIpc) is 1.48. The molecule has 0 aliphatic rings. The number of ether oxygens (including phenoxy) is 2. The number of rotatable bonds is 77. The predicted molar refractivity (Wildman–Crippen MR) is 416 cm³/mol. The van der Waals surface area contributed by atoms with Gasteiger partial charge in [-0.1, -0.05) is 401 Å². The van der Waals surface area contributed by atoms with Crippen molar-refractivity contribution in [3.8, 4) is 0 Å². The van der Waals surface area contributed by atoms with Gasteiger partial charge in [0.25, 0.3) is 7.82 Å². The third-order valence-electron chi connectivity index (χ3n) is 18.4. The number of carbonyl (C=O) groups is 2. The molecule has 0 saturated heterocycles. The van der Waals surface area contributed by atoms with Gasteiger partial charge >= 0.3 is 11.9 Å². The number of phosphoric acid groups is 1. The average molecular weight is 1370 g/mol. The number of allylic oxidation sites excluding steroid dienone is 14. The van der Waals surface area contributed by atoms with Crippen LogP contribution in [0.25, 0.3) is 0 Å². The zero-order valence-corrected chi connectivity index (χ0v) is 65.0. The summed E-state index contributed by atoms with van der Waals surface area (Å²) < 4.78 is 34.4. The van der Waals surface area contributed by atoms with Crippen molar-refractivity contribution in [2.45, 2.75) is 405 Å². The van der Waals surface area contributed by atoms with Gasteiger partial charge in [-0.25, -0.2) is 0 Å². The molecule has 0 aromatic rings. The molecule has 2 unspecified atom stereocenters. The second-order valence-electron chi connectivity index (χ2n) is 29.1. The molecule has 0 fully saturated rings. The van der Waals surface area contributed by atoms with E-state index in [2.05, 4.69) is 98.9 Å². The minimum Gasteiger partial charge on any atom is -0.756 e. The Hall–Kier alpha value is -2.81. The van der Waals surface area contributed by atoms with Crippen LogP contribution in [0.15, 0.2) is 85.1 Å². The first kappa shape index (κ1) is 93.2. The largest absolute Gasteiger partial charge is 0.756 e. The number of unbranched alkanes of at least 4 members (excludes halogenated alkanes) is 49. The van der Waals surface area contributed by atoms with Crippen molar-refractivity contribution in [1.29, 1.82) is 0 Å². The number of phosphoric ester groups is 1. The van der Waals surface area contributed by atoms with Crippen LogP contribution in [0.2, 0.25) is 0 Å². The fraction of sp³-hybridized carbons (Fsp3) is 0.814. The fourth-order valence-corrected chi connectivity index (χ4v) is 12.9. The van der Waals surface area contributed by atoms with Crippen LogP contribution in [0.5, 0.6) is 0 Å². The van der Waals surface area contributed by atoms with Gasteiger partial charge < -0.3 is 27.9 Å². The number of carbonyl (C=O) groups excluding carboxylic acids is 2. The summed E-state index contributed by atoms with van der Waals surface area (Å²) in [6, 6.07) is 0. The topological polar surface area (TPSA) is 111 Å². The van der Waals surface area contributed by atoms with Gasteiger partial charge in [0.15, 0.2) is 6.10 Å². The lowest BCUT2D eigenvalue weighted by Gasteiger charge is -2.28. The molecule has 0 amide bonds. The predicted octanol–water partition coefficient (Wildman–Crippen LogP) is 27.0. The van der Waals surface area contributed by atoms with E-state index in [0.29, 0.717) is 17.4 Å². The van der Waals surface area contributed by atoms with Crippen LogP contribution in [0, 0.1) is 0 Å². The van der Waals surface area contributed by atoms with Crippen molar-refractivity contribution in [1.82, 2.24) is 0 Å². The van der Waals surface area contributed by atoms with Crippen LogP contribution in [-0.4, -0.2) is 70.0 Å². The Morgan fingerprint density at radius 1 is 0.333 bits per heavy atom. The Labute approximate surface area is 596 Å². The van der Waals surface area contributed by atoms with Crippen molar-refractivity contribution in [2.75, 3.05) is 47.5 Å². The van der Waals surface area contributed by atoms with E-state index in [4.69, 9.17) is 18.5 Å². The monoisotopic (exact) mass is 1360 g/mol. The van der Waals surface area contributed by atoms with Gasteiger partial charge in [-0.15, -0.1) is 0 Å². The smallest absolute Gasteiger partial charge is 0.306 e. The van der Waals surface area contributed by atoms with Crippen molar-refractivity contribution in [2.24, 2.45) is 0 Å². The van der Waals surface area contributed by atoms with Crippen LogP contribution in [-0.2, 0) is 32.7 Å². The van der Waals surface area contributed by atoms with E-state index in [0.717, 1.165) is 89.9 Å². The van der Waals surface area contributed by atoms with E-state index in [1.807, 2.05) is 21.1 Å². The Balaban J connectivity index is 3.92. The van der Waals surface area contributed by atoms with Gasteiger partial charge in [-0.05, 0) is 70.6 Å². The van der Waals surface area contributed by atoms with E-state index in [9.17, 15) is 19.0 Å². The molecular weight excluding hydrogens is 1210 g/mol. The molecule has 2 atom stereocenters. The Kier molecular flexibility index (Phi) is 74.1. The van der Waals surface area contributed by atoms with Crippen molar-refractivity contribution < 1.29 is 42.1 Å². The zero-order chi connectivity index (χ0) is 69.7. The van der Waals surface area contributed by atoms with E-state index < -0.39 is 26.5 Å². The van der Waals surface area contributed by atoms with E-state index in [-0.39, 0.29) is 32.0 Å². The third-order valence-corrected chi connectivity index (χ3v) is 19.4. The number of hydrogen-bond donors (Lipinski definition) is 0. The molecule has 0 saturated carbocycles. The summed E-state index contributed by atoms with van der Waals surface area (Å²) in [6.45, 7) is 4.18. The molecule has 9 nitrogen and oxygen atoms in total. The Morgan fingerprint density at radius 3 is 0.885 bits per heavy atom. The van der Waals surface area contributed by atoms with Crippen molar-refractivity contribution >= 4 is 19.8 Å². The van der Waals surface area contributed by atoms with Gasteiger partial charge in [0.1, 0.15) is 19.8 Å². The van der Waals surface area contributed by atoms with Crippen LogP contribution in [0.3, 0.4) is 0 Å². The minimum atomic E-state index is -4.65. The van der Waals surface area contributed by atoms with Crippen LogP contribution in [0.1, 0.15) is 399 Å². The lowest BCUT2D eigenvalue weighted by molar-refractivity contribution is -0.870. The SMILES string of the molecule is CC/C=C\C/C=C\C/C=C\C/C=C\C/C=C\C/C=C\C/C=C\CCCCCCCCCCCCCC(=O)OC(COC(=O)CCCCCCCCCCCCCCCCCCCCCCCCCCCCCCCCCCCCCCCCC)COP(=O)([O-])OCC[N+](C)(C)C. The maximum absolute atomic E-state index is 12.9. The quantitative estimate of drug-likeness (QED) is 0.0195. The minimum absolute atomic E-state index is 0.0325. The summed E-state index contributed by atoms with van der Waals surface area (Å²) in [5, 5.41) is 0. The van der Waals surface area contributed by atoms with Gasteiger partial charge in [0.2, 0.25) is 0 Å². The summed E-state index contributed by atoms with van der Waals surface area (Å²) in [6.07, 6.45) is 106. The van der Waals surface area contributed by atoms with Gasteiger partial charge in [-0.3, -0.25) is 14.2 Å². The molecule has 0 aromatic carbocycles. The zero-order valence-electron chi connectivity index (χ0n) is 64.1. The maximum atomic E-state index is 12.9. The summed E-state index contributed by atoms with van der Waals surface area (Å²) >= 11 is 0. The number of nitrogens with zero attached hydrogens (tertiary/aromatic N) is 1. The van der Waals surface area contributed by atoms with Crippen LogP contribution < -0.4 is 4.89 Å². The van der Waals surface area contributed by atoms with Crippen molar-refractivity contribution in [3.63, 3.8) is 0 Å². The van der Waals surface area contributed by atoms with E-state index in [1.54, 1.807) is 0 Å². The Bertz CT molecular complexity index is 1900. The first-order chi connectivity index (χ1) is 47.0. The molecule has 0 heterocycles. The molecule has 0 rings (SSSR count). The van der Waals surface area contributed by atoms with E-state index >= 15 is 0 Å². The van der Waals surface area contributed by atoms with Gasteiger partial charge in [0.05, 0.1) is 27.7 Å². The van der Waals surface area contributed by atoms with Crippen molar-refractivity contribution in [3.05, 3.63) is 85.1 Å². The third kappa shape index (κ3) is 80.2. The number of likely N-dealkylation sites (N-methyl/N-ethyl adjacent to an activating group) is 1. The van der Waals surface area contributed by atoms with Gasteiger partial charge in [0, 0.05) is 12.8 Å². The fourth-order valence-electron chi connectivity index (χ4n) is 12.2. The number of quaternary nitrogens is 1. The maximum Gasteiger partial charge on any atom is 0.306 e. The summed E-state index contributed by atoms with van der Waals surface area (Å²) in [4.78, 5) is 38.2. The molecule has 0 aliphatic heterocycles. The van der Waals surface area contributed by atoms with Crippen LogP contribution in [0.4, 0.5) is 0 Å². The number of esters is 2. The molecule has 0 bridgehead atoms. The second-order valence-corrected chi connectivity index (χ2v) is 30.5. The first-order valence-corrected chi connectivity index (χ1v) is 42.8. The molecule has 0 radical (unpaired) electrons. The highest BCUT2D eigenvalue weighted by Gasteiger charge is 2.22. The van der Waals surface area contributed by atoms with E-state index in [1.165, 1.54) is 276 Å². The second kappa shape index (κ2) is 76.4. The molecule has 0 aliphatic carbocycles. The highest BCUT2D eigenvalue weighted by atomic mass is 31.2. The molecule has 0 N–H and O–H groups in total. The lowest BCUT2D eigenvalue weighted by Crippen LogP contribution is -2.37. The Morgan fingerprint density at radius 2 is 0.594 bits per heavy atom. The lowest BCUT2D eigenvalue weighted by atomic mass is 10.0. The molecule has 560 valence electrons. The van der Waals surface area contributed by atoms with Gasteiger partial charge in [-0.2, -0.15) is 0 Å². The number of hydrogen-bond acceptors (Lipinski definition) is 8. The summed E-state index contributed by atoms with van der Waals surface area (Å²) in [7, 11) is 1.17. The highest BCUT2D eigenvalue weighted by Crippen LogP contribution is 2.38. The molecule has 0 spiro atoms. The normalized spacial score (nSPS) is 13.4. The molecular formula is C86H158NO8P. The molecule has 10 heteroatoms. The highest BCUT2D eigenvalue weighted by molar-refractivity contribution is 7.45. The standard InChI is InChI=1S/C86H158NO8P/c1-6-8-10-12-14-16-18-20-22-24-26-28-30-32-34-36-38-40-41-42-43-44-45-47-48-50-52-54-56-58-60-62-64-66-68-70-72-74-76-78-85(88)92-82-84(83-94-96(90,91)93-81-80-87(3,4)5)95-86(89)79-77-75-73-71-69-67-65-63-61-59-57-55-53-51-49-46-39-37-35-33-31-29-27-25-23-21-19-17-15-13-11-9-7-2/h9,11,15,17,21,23,27,29,33,35,39,46,51,53,84H,6-8,10,12-14,16,18-20,22,24-26,28,30-32,34,36-38,40-45,47-50,52,54-83H2,1-5H3/b11-9-,17-15-,23-21-,29-27-,35-33-,46-39-,53-51-. The van der Waals surface area contributed by atoms with Crippen LogP contribution >= 0.6 is 7.82 Å². The first-order valence-electron chi connectivity index (χ1n) is 41.3. The summed E-state index contributed by atoms with van der Waals surface area (Å²) in [5.74, 6) is -0.822. The molecule has 96 heavy (non-hydrogen) atoms. The molecule has 0 aromatic heterocycles. The summed E-state index contributed by atoms with van der Waals surface area (Å²) in [5.41, 5.74) is 0.